The van der Waals surface area contributed by atoms with Gasteiger partial charge in [-0.1, -0.05) is 87.5 Å². The second kappa shape index (κ2) is 5.79. The van der Waals surface area contributed by atoms with Crippen LogP contribution in [0.2, 0.25) is 0 Å². The van der Waals surface area contributed by atoms with Crippen LogP contribution < -0.4 is 0 Å². The molecule has 0 fully saturated rings. The first-order valence-electron chi connectivity index (χ1n) is 9.63. The summed E-state index contributed by atoms with van der Waals surface area (Å²) in [6.45, 7) is 6.87. The van der Waals surface area contributed by atoms with Crippen LogP contribution in [0.4, 0.5) is 0 Å². The Hall–Kier alpha value is -2.93. The highest BCUT2D eigenvalue weighted by Gasteiger charge is 2.23. The molecule has 132 valence electrons. The molecule has 5 rings (SSSR count). The van der Waals surface area contributed by atoms with E-state index in [-0.39, 0.29) is 5.41 Å². The van der Waals surface area contributed by atoms with E-state index in [9.17, 15) is 0 Å². The van der Waals surface area contributed by atoms with Crippen LogP contribution in [0.1, 0.15) is 26.3 Å². The second-order valence-corrected chi connectivity index (χ2v) is 8.69. The number of nitrogens with zero attached hydrogens (tertiary/aromatic N) is 1. The Morgan fingerprint density at radius 3 is 1.89 bits per heavy atom. The SMILES string of the molecule is CC(C)(C)Cc1cnc2c3c(cccc13)-c1ccccc1-c1ccccc1-2. The molecule has 0 amide bonds. The van der Waals surface area contributed by atoms with Gasteiger partial charge in [0.25, 0.3) is 0 Å². The molecule has 0 N–H and O–H groups in total. The Morgan fingerprint density at radius 1 is 0.667 bits per heavy atom. The fourth-order valence-corrected chi connectivity index (χ4v) is 4.37. The van der Waals surface area contributed by atoms with Crippen LogP contribution in [0, 0.1) is 5.41 Å². The summed E-state index contributed by atoms with van der Waals surface area (Å²) in [7, 11) is 0. The fourth-order valence-electron chi connectivity index (χ4n) is 4.37. The Balaban J connectivity index is 1.95. The van der Waals surface area contributed by atoms with Crippen molar-refractivity contribution in [3.05, 3.63) is 78.5 Å². The number of fused-ring (bicyclic) bond motifs is 5. The number of hydrogen-bond donors (Lipinski definition) is 0. The van der Waals surface area contributed by atoms with Crippen molar-refractivity contribution >= 4 is 10.8 Å². The number of benzene rings is 3. The van der Waals surface area contributed by atoms with Crippen LogP contribution in [-0.2, 0) is 6.42 Å². The lowest BCUT2D eigenvalue weighted by Crippen LogP contribution is -2.10. The lowest BCUT2D eigenvalue weighted by molar-refractivity contribution is 0.412. The summed E-state index contributed by atoms with van der Waals surface area (Å²) < 4.78 is 0. The molecule has 0 radical (unpaired) electrons. The summed E-state index contributed by atoms with van der Waals surface area (Å²) in [6, 6.07) is 24.1. The van der Waals surface area contributed by atoms with Gasteiger partial charge < -0.3 is 0 Å². The Kier molecular flexibility index (Phi) is 3.48. The van der Waals surface area contributed by atoms with E-state index in [4.69, 9.17) is 4.98 Å². The molecule has 0 bridgehead atoms. The Bertz CT molecular complexity index is 1130. The normalized spacial score (nSPS) is 12.4. The Labute approximate surface area is 160 Å². The fraction of sp³-hybridized carbons (Fsp3) is 0.192. The zero-order valence-electron chi connectivity index (χ0n) is 16.1. The van der Waals surface area contributed by atoms with E-state index in [1.807, 2.05) is 0 Å². The minimum Gasteiger partial charge on any atom is -0.255 e. The van der Waals surface area contributed by atoms with Crippen LogP contribution in [0.3, 0.4) is 0 Å². The summed E-state index contributed by atoms with van der Waals surface area (Å²) in [5, 5.41) is 2.62. The van der Waals surface area contributed by atoms with Gasteiger partial charge in [-0.25, -0.2) is 0 Å². The van der Waals surface area contributed by atoms with Crippen LogP contribution >= 0.6 is 0 Å². The molecular formula is C26H23N. The van der Waals surface area contributed by atoms with Gasteiger partial charge in [-0.3, -0.25) is 4.98 Å². The average Bonchev–Trinajstić information content (AvgIpc) is 2.78. The largest absolute Gasteiger partial charge is 0.255 e. The molecule has 1 heterocycles. The highest BCUT2D eigenvalue weighted by molar-refractivity contribution is 6.12. The highest BCUT2D eigenvalue weighted by atomic mass is 14.7. The van der Waals surface area contributed by atoms with E-state index in [2.05, 4.69) is 93.7 Å². The maximum absolute atomic E-state index is 5.01. The molecule has 27 heavy (non-hydrogen) atoms. The topological polar surface area (TPSA) is 12.9 Å². The molecule has 3 aromatic carbocycles. The minimum absolute atomic E-state index is 0.224. The molecule has 0 saturated carbocycles. The molecule has 0 aliphatic heterocycles. The summed E-state index contributed by atoms with van der Waals surface area (Å²) in [4.78, 5) is 5.01. The standard InChI is InChI=1S/C26H23N/c1-26(2,3)15-17-16-27-25-23-12-7-6-11-21(23)19-9-4-5-10-20(19)22-14-8-13-18(17)24(22)25/h4-14,16H,15H2,1-3H3. The average molecular weight is 349 g/mol. The van der Waals surface area contributed by atoms with Gasteiger partial charge in [-0.2, -0.15) is 0 Å². The van der Waals surface area contributed by atoms with Crippen molar-refractivity contribution in [3.8, 4) is 33.5 Å². The third kappa shape index (κ3) is 2.57. The van der Waals surface area contributed by atoms with Crippen LogP contribution in [0.5, 0.6) is 0 Å². The van der Waals surface area contributed by atoms with Crippen LogP contribution in [0.15, 0.2) is 72.9 Å². The molecule has 0 spiro atoms. The van der Waals surface area contributed by atoms with Crippen LogP contribution in [0.25, 0.3) is 44.3 Å². The number of pyridine rings is 1. The van der Waals surface area contributed by atoms with Crippen LogP contribution in [-0.4, -0.2) is 4.98 Å². The van der Waals surface area contributed by atoms with Gasteiger partial charge in [0.1, 0.15) is 0 Å². The molecule has 0 unspecified atom stereocenters. The van der Waals surface area contributed by atoms with Crippen molar-refractivity contribution < 1.29 is 0 Å². The first kappa shape index (κ1) is 16.3. The summed E-state index contributed by atoms with van der Waals surface area (Å²) in [6.07, 6.45) is 3.11. The van der Waals surface area contributed by atoms with Gasteiger partial charge >= 0.3 is 0 Å². The predicted molar refractivity (Wildman–Crippen MR) is 115 cm³/mol. The van der Waals surface area contributed by atoms with Gasteiger partial charge in [-0.05, 0) is 45.0 Å². The van der Waals surface area contributed by atoms with E-state index in [0.717, 1.165) is 12.1 Å². The third-order valence-electron chi connectivity index (χ3n) is 5.41. The molecule has 1 heteroatoms. The Morgan fingerprint density at radius 2 is 1.22 bits per heavy atom. The first-order valence-corrected chi connectivity index (χ1v) is 9.63. The van der Waals surface area contributed by atoms with E-state index >= 15 is 0 Å². The van der Waals surface area contributed by atoms with Gasteiger partial charge in [0.15, 0.2) is 0 Å². The quantitative estimate of drug-likeness (QED) is 0.313. The number of rotatable bonds is 1. The van der Waals surface area contributed by atoms with Crippen molar-refractivity contribution in [3.63, 3.8) is 0 Å². The molecule has 4 aromatic rings. The molecule has 1 nitrogen and oxygen atoms in total. The maximum Gasteiger partial charge on any atom is 0.0792 e. The zero-order valence-corrected chi connectivity index (χ0v) is 16.1. The van der Waals surface area contributed by atoms with Crippen molar-refractivity contribution in [2.45, 2.75) is 27.2 Å². The van der Waals surface area contributed by atoms with Gasteiger partial charge in [0.2, 0.25) is 0 Å². The lowest BCUT2D eigenvalue weighted by Gasteiger charge is -2.20. The summed E-state index contributed by atoms with van der Waals surface area (Å²) in [5.41, 5.74) is 9.02. The van der Waals surface area contributed by atoms with E-state index in [1.54, 1.807) is 0 Å². The molecule has 0 atom stereocenters. The molecule has 0 saturated heterocycles. The van der Waals surface area contributed by atoms with E-state index in [0.29, 0.717) is 0 Å². The second-order valence-electron chi connectivity index (χ2n) is 8.69. The zero-order chi connectivity index (χ0) is 18.6. The van der Waals surface area contributed by atoms with E-state index < -0.39 is 0 Å². The third-order valence-corrected chi connectivity index (χ3v) is 5.41. The summed E-state index contributed by atoms with van der Waals surface area (Å²) >= 11 is 0. The smallest absolute Gasteiger partial charge is 0.0792 e. The highest BCUT2D eigenvalue weighted by Crippen LogP contribution is 2.47. The number of aromatic nitrogens is 1. The molecular weight excluding hydrogens is 326 g/mol. The summed E-state index contributed by atoms with van der Waals surface area (Å²) in [5.74, 6) is 0. The first-order chi connectivity index (χ1) is 13.0. The van der Waals surface area contributed by atoms with Crippen molar-refractivity contribution in [2.24, 2.45) is 5.41 Å². The van der Waals surface area contributed by atoms with Crippen molar-refractivity contribution in [1.82, 2.24) is 4.98 Å². The lowest BCUT2D eigenvalue weighted by atomic mass is 9.85. The van der Waals surface area contributed by atoms with Gasteiger partial charge in [0, 0.05) is 17.1 Å². The van der Waals surface area contributed by atoms with E-state index in [1.165, 1.54) is 44.2 Å². The van der Waals surface area contributed by atoms with Gasteiger partial charge in [-0.15, -0.1) is 0 Å². The van der Waals surface area contributed by atoms with Crippen molar-refractivity contribution in [1.29, 1.82) is 0 Å². The van der Waals surface area contributed by atoms with Gasteiger partial charge in [0.05, 0.1) is 5.69 Å². The molecule has 1 aromatic heterocycles. The minimum atomic E-state index is 0.224. The maximum atomic E-state index is 5.01. The predicted octanol–water partition coefficient (Wildman–Crippen LogP) is 7.14. The monoisotopic (exact) mass is 349 g/mol. The molecule has 1 aliphatic rings. The molecule has 1 aliphatic carbocycles. The number of hydrogen-bond acceptors (Lipinski definition) is 1. The van der Waals surface area contributed by atoms with Crippen molar-refractivity contribution in [2.75, 3.05) is 0 Å².